The summed E-state index contributed by atoms with van der Waals surface area (Å²) in [5.74, 6) is 0.568. The van der Waals surface area contributed by atoms with Gasteiger partial charge >= 0.3 is 0 Å². The highest BCUT2D eigenvalue weighted by Gasteiger charge is 2.19. The number of fused-ring (bicyclic) bond motifs is 1. The Morgan fingerprint density at radius 2 is 1.93 bits per heavy atom. The second-order valence-electron chi connectivity index (χ2n) is 6.44. The molecule has 4 aromatic rings. The molecule has 0 unspecified atom stereocenters. The van der Waals surface area contributed by atoms with Crippen molar-refractivity contribution in [2.75, 3.05) is 12.4 Å². The Bertz CT molecular complexity index is 1180. The fourth-order valence-electron chi connectivity index (χ4n) is 3.14. The summed E-state index contributed by atoms with van der Waals surface area (Å²) in [5.41, 5.74) is 4.54. The number of nitrogens with one attached hydrogen (secondary N) is 1. The average molecular weight is 393 g/mol. The Labute approximate surface area is 166 Å². The first-order chi connectivity index (χ1) is 13.5. The number of hydrogen-bond acceptors (Lipinski definition) is 6. The molecule has 8 heteroatoms. The Balaban J connectivity index is 1.63. The molecule has 0 radical (unpaired) electrons. The van der Waals surface area contributed by atoms with Crippen molar-refractivity contribution in [1.82, 2.24) is 19.7 Å². The lowest BCUT2D eigenvalue weighted by Gasteiger charge is -2.06. The van der Waals surface area contributed by atoms with Crippen molar-refractivity contribution < 1.29 is 9.53 Å². The Morgan fingerprint density at radius 1 is 1.18 bits per heavy atom. The van der Waals surface area contributed by atoms with E-state index in [2.05, 4.69) is 20.4 Å². The lowest BCUT2D eigenvalue weighted by atomic mass is 10.1. The summed E-state index contributed by atoms with van der Waals surface area (Å²) in [7, 11) is 3.46. The van der Waals surface area contributed by atoms with Crippen molar-refractivity contribution in [3.8, 4) is 17.0 Å². The molecule has 0 fully saturated rings. The molecule has 0 saturated carbocycles. The smallest absolute Gasteiger partial charge is 0.258 e. The Hall–Kier alpha value is -3.26. The van der Waals surface area contributed by atoms with Gasteiger partial charge < -0.3 is 4.74 Å². The van der Waals surface area contributed by atoms with Gasteiger partial charge in [-0.2, -0.15) is 5.10 Å². The van der Waals surface area contributed by atoms with Crippen molar-refractivity contribution in [2.24, 2.45) is 7.05 Å². The molecule has 0 aliphatic heterocycles. The van der Waals surface area contributed by atoms with Gasteiger partial charge in [-0.1, -0.05) is 0 Å². The highest BCUT2D eigenvalue weighted by Crippen LogP contribution is 2.28. The number of carbonyl (C=O) groups excluding carboxylic acids is 1. The zero-order valence-electron chi connectivity index (χ0n) is 16.0. The number of hydrogen-bond donors (Lipinski definition) is 1. The van der Waals surface area contributed by atoms with Gasteiger partial charge in [0.15, 0.2) is 10.8 Å². The van der Waals surface area contributed by atoms with Crippen LogP contribution in [0.3, 0.4) is 0 Å². The maximum absolute atomic E-state index is 12.9. The molecule has 1 amide bonds. The SMILES string of the molecule is COc1ccc(-c2csc(NC(=O)c3cc(C)nc4c3c(C)nn4C)n2)cc1. The highest BCUT2D eigenvalue weighted by molar-refractivity contribution is 7.14. The summed E-state index contributed by atoms with van der Waals surface area (Å²) in [5, 5.41) is 10.5. The van der Waals surface area contributed by atoms with Crippen LogP contribution in [0.2, 0.25) is 0 Å². The molecule has 0 bridgehead atoms. The quantitative estimate of drug-likeness (QED) is 0.567. The monoisotopic (exact) mass is 393 g/mol. The van der Waals surface area contributed by atoms with Gasteiger partial charge in [0.1, 0.15) is 5.75 Å². The number of amides is 1. The number of aryl methyl sites for hydroxylation is 3. The van der Waals surface area contributed by atoms with Crippen LogP contribution in [0.4, 0.5) is 5.13 Å². The maximum Gasteiger partial charge on any atom is 0.258 e. The second kappa shape index (κ2) is 7.05. The molecular formula is C20H19N5O2S. The minimum Gasteiger partial charge on any atom is -0.497 e. The molecule has 1 aromatic carbocycles. The van der Waals surface area contributed by atoms with Gasteiger partial charge in [0.2, 0.25) is 0 Å². The first-order valence-corrected chi connectivity index (χ1v) is 9.56. The second-order valence-corrected chi connectivity index (χ2v) is 7.30. The van der Waals surface area contributed by atoms with Crippen LogP contribution in [-0.4, -0.2) is 32.8 Å². The van der Waals surface area contributed by atoms with E-state index in [9.17, 15) is 4.79 Å². The van der Waals surface area contributed by atoms with Gasteiger partial charge in [-0.3, -0.25) is 14.8 Å². The molecule has 0 aliphatic rings. The predicted molar refractivity (Wildman–Crippen MR) is 110 cm³/mol. The number of aromatic nitrogens is 4. The highest BCUT2D eigenvalue weighted by atomic mass is 32.1. The molecule has 0 spiro atoms. The molecule has 1 N–H and O–H groups in total. The number of anilines is 1. The van der Waals surface area contributed by atoms with E-state index in [0.29, 0.717) is 16.3 Å². The van der Waals surface area contributed by atoms with Crippen molar-refractivity contribution in [1.29, 1.82) is 0 Å². The topological polar surface area (TPSA) is 81.9 Å². The predicted octanol–water partition coefficient (Wildman–Crippen LogP) is 3.97. The molecule has 0 saturated heterocycles. The summed E-state index contributed by atoms with van der Waals surface area (Å²) in [6.45, 7) is 3.74. The molecule has 7 nitrogen and oxygen atoms in total. The Morgan fingerprint density at radius 3 is 2.64 bits per heavy atom. The lowest BCUT2D eigenvalue weighted by Crippen LogP contribution is -2.13. The zero-order chi connectivity index (χ0) is 19.8. The van der Waals surface area contributed by atoms with E-state index in [-0.39, 0.29) is 5.91 Å². The van der Waals surface area contributed by atoms with Gasteiger partial charge in [0.25, 0.3) is 5.91 Å². The van der Waals surface area contributed by atoms with Gasteiger partial charge in [-0.25, -0.2) is 9.97 Å². The standard InChI is InChI=1S/C20H19N5O2S/c1-11-9-15(17-12(2)24-25(3)18(17)21-11)19(26)23-20-22-16(10-28-20)13-5-7-14(27-4)8-6-13/h5-10H,1-4H3,(H,22,23,26). The van der Waals surface area contributed by atoms with Gasteiger partial charge in [0.05, 0.1) is 29.4 Å². The first kappa shape index (κ1) is 18.1. The third kappa shape index (κ3) is 3.22. The number of nitrogens with zero attached hydrogens (tertiary/aromatic N) is 4. The van der Waals surface area contributed by atoms with Crippen LogP contribution in [0, 0.1) is 13.8 Å². The van der Waals surface area contributed by atoms with Crippen molar-refractivity contribution in [3.63, 3.8) is 0 Å². The molecular weight excluding hydrogens is 374 g/mol. The Kier molecular flexibility index (Phi) is 4.56. The van der Waals surface area contributed by atoms with Crippen LogP contribution >= 0.6 is 11.3 Å². The summed E-state index contributed by atoms with van der Waals surface area (Å²) < 4.78 is 6.88. The van der Waals surface area contributed by atoms with Gasteiger partial charge in [0, 0.05) is 23.7 Å². The summed E-state index contributed by atoms with van der Waals surface area (Å²) in [6.07, 6.45) is 0. The van der Waals surface area contributed by atoms with E-state index >= 15 is 0 Å². The van der Waals surface area contributed by atoms with Crippen molar-refractivity contribution >= 4 is 33.4 Å². The van der Waals surface area contributed by atoms with Crippen LogP contribution in [0.5, 0.6) is 5.75 Å². The van der Waals surface area contributed by atoms with E-state index < -0.39 is 0 Å². The summed E-state index contributed by atoms with van der Waals surface area (Å²) in [6, 6.07) is 9.43. The number of ether oxygens (including phenoxy) is 1. The maximum atomic E-state index is 12.9. The number of thiazole rings is 1. The molecule has 4 rings (SSSR count). The number of rotatable bonds is 4. The largest absolute Gasteiger partial charge is 0.497 e. The first-order valence-electron chi connectivity index (χ1n) is 8.68. The van der Waals surface area contributed by atoms with E-state index in [1.54, 1.807) is 17.9 Å². The number of methoxy groups -OCH3 is 1. The lowest BCUT2D eigenvalue weighted by molar-refractivity contribution is 0.102. The van der Waals surface area contributed by atoms with Gasteiger partial charge in [-0.15, -0.1) is 11.3 Å². The molecule has 142 valence electrons. The number of benzene rings is 1. The third-order valence-electron chi connectivity index (χ3n) is 4.45. The van der Waals surface area contributed by atoms with E-state index in [1.807, 2.05) is 50.5 Å². The number of carbonyl (C=O) groups is 1. The number of pyridine rings is 1. The fraction of sp³-hybridized carbons (Fsp3) is 0.200. The van der Waals surface area contributed by atoms with Crippen LogP contribution in [-0.2, 0) is 7.05 Å². The minimum atomic E-state index is -0.220. The van der Waals surface area contributed by atoms with Gasteiger partial charge in [-0.05, 0) is 44.2 Å². The molecule has 0 aliphatic carbocycles. The summed E-state index contributed by atoms with van der Waals surface area (Å²) >= 11 is 1.39. The fourth-order valence-corrected chi connectivity index (χ4v) is 3.85. The molecule has 3 heterocycles. The van der Waals surface area contributed by atoms with Crippen molar-refractivity contribution in [2.45, 2.75) is 13.8 Å². The van der Waals surface area contributed by atoms with E-state index in [0.717, 1.165) is 33.8 Å². The molecule has 3 aromatic heterocycles. The molecule has 28 heavy (non-hydrogen) atoms. The molecule has 0 atom stereocenters. The zero-order valence-corrected chi connectivity index (χ0v) is 16.8. The van der Waals surface area contributed by atoms with Crippen LogP contribution < -0.4 is 10.1 Å². The van der Waals surface area contributed by atoms with Crippen molar-refractivity contribution in [3.05, 3.63) is 52.7 Å². The van der Waals surface area contributed by atoms with Crippen LogP contribution in [0.15, 0.2) is 35.7 Å². The van der Waals surface area contributed by atoms with Crippen LogP contribution in [0.25, 0.3) is 22.3 Å². The van der Waals surface area contributed by atoms with Crippen LogP contribution in [0.1, 0.15) is 21.7 Å². The van der Waals surface area contributed by atoms with E-state index in [4.69, 9.17) is 4.74 Å². The normalized spacial score (nSPS) is 11.0. The minimum absolute atomic E-state index is 0.220. The average Bonchev–Trinajstić information content (AvgIpc) is 3.26. The van der Waals surface area contributed by atoms with E-state index in [1.165, 1.54) is 11.3 Å². The summed E-state index contributed by atoms with van der Waals surface area (Å²) in [4.78, 5) is 22.0. The third-order valence-corrected chi connectivity index (χ3v) is 5.21.